The average Bonchev–Trinajstić information content (AvgIpc) is 3.17. The predicted octanol–water partition coefficient (Wildman–Crippen LogP) is 7.29. The molecule has 0 amide bonds. The molecule has 0 aromatic heterocycles. The third-order valence-corrected chi connectivity index (χ3v) is 13.3. The first-order valence-electron chi connectivity index (χ1n) is 15.1. The zero-order valence-corrected chi connectivity index (χ0v) is 25.1. The van der Waals surface area contributed by atoms with E-state index in [0.717, 1.165) is 50.5 Å². The summed E-state index contributed by atoms with van der Waals surface area (Å²) in [7, 11) is 0. The van der Waals surface area contributed by atoms with Crippen LogP contribution in [0.15, 0.2) is 22.3 Å². The Hall–Kier alpha value is -1.62. The van der Waals surface area contributed by atoms with E-state index < -0.39 is 5.79 Å². The van der Waals surface area contributed by atoms with Crippen molar-refractivity contribution in [2.45, 2.75) is 132 Å². The van der Waals surface area contributed by atoms with Gasteiger partial charge in [0.05, 0.1) is 6.10 Å². The highest BCUT2D eigenvalue weighted by Gasteiger charge is 2.69. The lowest BCUT2D eigenvalue weighted by atomic mass is 9.43. The van der Waals surface area contributed by atoms with Crippen molar-refractivity contribution in [3.8, 4) is 0 Å². The van der Waals surface area contributed by atoms with Gasteiger partial charge in [0.1, 0.15) is 6.10 Å². The van der Waals surface area contributed by atoms with Crippen LogP contribution in [0.25, 0.3) is 0 Å². The van der Waals surface area contributed by atoms with Gasteiger partial charge in [-0.3, -0.25) is 4.79 Å². The van der Waals surface area contributed by atoms with E-state index in [1.165, 1.54) is 6.42 Å². The van der Waals surface area contributed by atoms with Crippen molar-refractivity contribution in [3.05, 3.63) is 22.3 Å². The fraction of sp³-hybridized carbons (Fsp3) is 0.818. The van der Waals surface area contributed by atoms with E-state index in [2.05, 4.69) is 41.5 Å². The minimum atomic E-state index is -0.873. The summed E-state index contributed by atoms with van der Waals surface area (Å²) in [5, 5.41) is 0. The molecule has 5 nitrogen and oxygen atoms in total. The van der Waals surface area contributed by atoms with Crippen molar-refractivity contribution < 1.29 is 23.8 Å². The van der Waals surface area contributed by atoms with Crippen LogP contribution < -0.4 is 0 Å². The van der Waals surface area contributed by atoms with Crippen LogP contribution in [-0.4, -0.2) is 29.9 Å². The predicted molar refractivity (Wildman–Crippen MR) is 146 cm³/mol. The van der Waals surface area contributed by atoms with Gasteiger partial charge in [0.15, 0.2) is 0 Å². The molecule has 0 aromatic carbocycles. The third-order valence-electron chi connectivity index (χ3n) is 13.3. The van der Waals surface area contributed by atoms with Crippen molar-refractivity contribution >= 4 is 11.9 Å². The smallest absolute Gasteiger partial charge is 0.336 e. The van der Waals surface area contributed by atoms with Crippen molar-refractivity contribution in [2.75, 3.05) is 0 Å². The lowest BCUT2D eigenvalue weighted by Gasteiger charge is -2.62. The number of allylic oxidation sites excluding steroid dienone is 2. The van der Waals surface area contributed by atoms with Gasteiger partial charge in [0.2, 0.25) is 5.79 Å². The SMILES string of the molecule is CC(=O)OC1CCC2(C)C3=C(CCC2C1(C)C)C1(C)CC2OC4(CC(C)C2C1(C)CC3)OC(=O)C(C)=C4C. The Labute approximate surface area is 229 Å². The van der Waals surface area contributed by atoms with Crippen molar-refractivity contribution in [1.29, 1.82) is 0 Å². The van der Waals surface area contributed by atoms with Crippen LogP contribution in [-0.2, 0) is 23.8 Å². The van der Waals surface area contributed by atoms with Crippen LogP contribution in [0.1, 0.15) is 114 Å². The monoisotopic (exact) mass is 524 g/mol. The number of rotatable bonds is 1. The van der Waals surface area contributed by atoms with E-state index in [-0.39, 0.29) is 45.8 Å². The molecule has 1 spiro atoms. The van der Waals surface area contributed by atoms with Gasteiger partial charge in [0, 0.05) is 29.9 Å². The van der Waals surface area contributed by atoms with Crippen LogP contribution in [0.2, 0.25) is 0 Å². The molecule has 0 bridgehead atoms. The van der Waals surface area contributed by atoms with Crippen LogP contribution in [0.4, 0.5) is 0 Å². The van der Waals surface area contributed by atoms with Gasteiger partial charge < -0.3 is 14.2 Å². The Morgan fingerprint density at radius 3 is 2.32 bits per heavy atom. The van der Waals surface area contributed by atoms with Gasteiger partial charge in [-0.2, -0.15) is 0 Å². The first kappa shape index (κ1) is 26.6. The molecule has 0 radical (unpaired) electrons. The molecular weight excluding hydrogens is 476 g/mol. The van der Waals surface area contributed by atoms with E-state index in [1.807, 2.05) is 13.8 Å². The highest BCUT2D eigenvalue weighted by Crippen LogP contribution is 2.74. The molecule has 0 aromatic rings. The molecule has 2 aliphatic heterocycles. The first-order valence-corrected chi connectivity index (χ1v) is 15.1. The summed E-state index contributed by atoms with van der Waals surface area (Å²) in [5.41, 5.74) is 5.46. The van der Waals surface area contributed by atoms with Gasteiger partial charge in [-0.25, -0.2) is 4.79 Å². The summed E-state index contributed by atoms with van der Waals surface area (Å²) in [5.74, 6) is 0.140. The highest BCUT2D eigenvalue weighted by atomic mass is 16.7. The Bertz CT molecular complexity index is 1160. The van der Waals surface area contributed by atoms with Gasteiger partial charge in [0.25, 0.3) is 0 Å². The molecule has 4 aliphatic carbocycles. The van der Waals surface area contributed by atoms with Crippen LogP contribution >= 0.6 is 0 Å². The summed E-state index contributed by atoms with van der Waals surface area (Å²) in [6, 6.07) is 0. The largest absolute Gasteiger partial charge is 0.462 e. The molecule has 5 heteroatoms. The fourth-order valence-electron chi connectivity index (χ4n) is 11.2. The van der Waals surface area contributed by atoms with Gasteiger partial charge in [-0.1, -0.05) is 52.7 Å². The molecule has 6 aliphatic rings. The zero-order valence-electron chi connectivity index (χ0n) is 25.1. The van der Waals surface area contributed by atoms with Crippen LogP contribution in [0.3, 0.4) is 0 Å². The minimum absolute atomic E-state index is 0.00155. The number of fused-ring (bicyclic) bond motifs is 6. The highest BCUT2D eigenvalue weighted by molar-refractivity contribution is 5.92. The lowest BCUT2D eigenvalue weighted by molar-refractivity contribution is -0.262. The fourth-order valence-corrected chi connectivity index (χ4v) is 11.2. The summed E-state index contributed by atoms with van der Waals surface area (Å²) >= 11 is 0. The standard InChI is InChI=1S/C33H48O5/c1-18-16-33(20(3)19(2)28(35)38-33)37-24-17-32(9)23-10-11-25-29(5,6)26(36-21(4)34)13-14-30(25,7)22(23)12-15-31(32,8)27(18)24/h18,24-27H,10-17H2,1-9H3. The van der Waals surface area contributed by atoms with Crippen molar-refractivity contribution in [3.63, 3.8) is 0 Å². The van der Waals surface area contributed by atoms with E-state index in [0.29, 0.717) is 23.3 Å². The molecule has 9 unspecified atom stereocenters. The topological polar surface area (TPSA) is 61.8 Å². The van der Waals surface area contributed by atoms with Crippen LogP contribution in [0, 0.1) is 39.4 Å². The summed E-state index contributed by atoms with van der Waals surface area (Å²) in [6.45, 7) is 20.1. The molecule has 1 saturated heterocycles. The van der Waals surface area contributed by atoms with Crippen molar-refractivity contribution in [1.82, 2.24) is 0 Å². The molecule has 210 valence electrons. The lowest BCUT2D eigenvalue weighted by Crippen LogP contribution is -2.56. The molecule has 3 fully saturated rings. The van der Waals surface area contributed by atoms with Gasteiger partial charge >= 0.3 is 11.9 Å². The van der Waals surface area contributed by atoms with Crippen molar-refractivity contribution in [2.24, 2.45) is 39.4 Å². The summed E-state index contributed by atoms with van der Waals surface area (Å²) < 4.78 is 18.8. The second-order valence-corrected chi connectivity index (χ2v) is 15.1. The Balaban J connectivity index is 1.37. The number of carbonyl (C=O) groups is 2. The van der Waals surface area contributed by atoms with Gasteiger partial charge in [-0.15, -0.1) is 0 Å². The number of hydrogen-bond donors (Lipinski definition) is 0. The molecule has 6 rings (SSSR count). The number of esters is 2. The maximum atomic E-state index is 12.5. The quantitative estimate of drug-likeness (QED) is 0.266. The molecule has 9 atom stereocenters. The Morgan fingerprint density at radius 1 is 0.974 bits per heavy atom. The van der Waals surface area contributed by atoms with Gasteiger partial charge in [-0.05, 0) is 92.8 Å². The second kappa shape index (κ2) is 7.98. The van der Waals surface area contributed by atoms with E-state index in [1.54, 1.807) is 18.1 Å². The molecule has 0 N–H and O–H groups in total. The van der Waals surface area contributed by atoms with E-state index in [9.17, 15) is 9.59 Å². The Morgan fingerprint density at radius 2 is 1.68 bits per heavy atom. The molecular formula is C33H48O5. The van der Waals surface area contributed by atoms with E-state index in [4.69, 9.17) is 14.2 Å². The third kappa shape index (κ3) is 3.14. The molecule has 2 heterocycles. The number of ether oxygens (including phenoxy) is 3. The summed E-state index contributed by atoms with van der Waals surface area (Å²) in [6.07, 6.45) is 8.51. The zero-order chi connectivity index (χ0) is 27.6. The van der Waals surface area contributed by atoms with E-state index >= 15 is 0 Å². The second-order valence-electron chi connectivity index (χ2n) is 15.1. The average molecular weight is 525 g/mol. The Kier molecular flexibility index (Phi) is 5.59. The number of hydrogen-bond acceptors (Lipinski definition) is 5. The maximum Gasteiger partial charge on any atom is 0.336 e. The first-order chi connectivity index (χ1) is 17.6. The molecule has 38 heavy (non-hydrogen) atoms. The number of carbonyl (C=O) groups excluding carboxylic acids is 2. The normalized spacial score (nSPS) is 49.3. The maximum absolute atomic E-state index is 12.5. The molecule has 2 saturated carbocycles. The van der Waals surface area contributed by atoms with Crippen LogP contribution in [0.5, 0.6) is 0 Å². The minimum Gasteiger partial charge on any atom is -0.462 e. The summed E-state index contributed by atoms with van der Waals surface area (Å²) in [4.78, 5) is 24.4.